The van der Waals surface area contributed by atoms with Crippen LogP contribution in [0, 0.1) is 5.41 Å². The van der Waals surface area contributed by atoms with Crippen LogP contribution in [0.5, 0.6) is 0 Å². The number of nitrogens with zero attached hydrogens (tertiary/aromatic N) is 1. The first-order chi connectivity index (χ1) is 9.63. The fourth-order valence-electron chi connectivity index (χ4n) is 3.19. The lowest BCUT2D eigenvalue weighted by Crippen LogP contribution is -2.47. The van der Waals surface area contributed by atoms with Crippen molar-refractivity contribution in [3.05, 3.63) is 39.9 Å². The molecule has 20 heavy (non-hydrogen) atoms. The summed E-state index contributed by atoms with van der Waals surface area (Å²) in [7, 11) is 0. The molecule has 0 aromatic heterocycles. The molecule has 4 rings (SSSR count). The average Bonchev–Trinajstić information content (AvgIpc) is 2.43. The molecular formula is C15H18BrN3O. The number of nitrogens with one attached hydrogen (secondary N) is 1. The van der Waals surface area contributed by atoms with Crippen LogP contribution < -0.4 is 11.1 Å². The van der Waals surface area contributed by atoms with Gasteiger partial charge in [0.2, 0.25) is 0 Å². The molecule has 5 heteroatoms. The predicted molar refractivity (Wildman–Crippen MR) is 84.0 cm³/mol. The van der Waals surface area contributed by atoms with Crippen molar-refractivity contribution in [1.29, 1.82) is 0 Å². The summed E-state index contributed by atoms with van der Waals surface area (Å²) in [5.74, 6) is 0.403. The number of allylic oxidation sites excluding steroid dienone is 1. The van der Waals surface area contributed by atoms with E-state index in [1.807, 2.05) is 12.1 Å². The van der Waals surface area contributed by atoms with Crippen LogP contribution in [0.15, 0.2) is 45.0 Å². The van der Waals surface area contributed by atoms with Crippen LogP contribution in [-0.4, -0.2) is 17.6 Å². The van der Waals surface area contributed by atoms with Gasteiger partial charge in [0.15, 0.2) is 0 Å². The highest BCUT2D eigenvalue weighted by Crippen LogP contribution is 2.55. The van der Waals surface area contributed by atoms with E-state index in [4.69, 9.17) is 10.9 Å². The smallest absolute Gasteiger partial charge is 0.146 e. The highest BCUT2D eigenvalue weighted by atomic mass is 79.9. The molecule has 2 bridgehead atoms. The Labute approximate surface area is 126 Å². The lowest BCUT2D eigenvalue weighted by Gasteiger charge is -2.48. The van der Waals surface area contributed by atoms with Crippen molar-refractivity contribution in [2.24, 2.45) is 16.3 Å². The highest BCUT2D eigenvalue weighted by molar-refractivity contribution is 9.10. The molecule has 0 amide bonds. The Hall–Kier alpha value is -1.49. The maximum absolute atomic E-state index is 8.85. The molecule has 3 aliphatic carbocycles. The van der Waals surface area contributed by atoms with Gasteiger partial charge in [0, 0.05) is 22.1 Å². The van der Waals surface area contributed by atoms with Gasteiger partial charge in [-0.2, -0.15) is 0 Å². The van der Waals surface area contributed by atoms with Crippen LogP contribution in [0.4, 0.5) is 5.69 Å². The van der Waals surface area contributed by atoms with Gasteiger partial charge in [-0.25, -0.2) is 0 Å². The lowest BCUT2D eigenvalue weighted by atomic mass is 9.56. The van der Waals surface area contributed by atoms with E-state index in [1.54, 1.807) is 0 Å². The predicted octanol–water partition coefficient (Wildman–Crippen LogP) is 3.48. The summed E-state index contributed by atoms with van der Waals surface area (Å²) in [5, 5.41) is 15.5. The summed E-state index contributed by atoms with van der Waals surface area (Å²) in [4.78, 5) is 0. The van der Waals surface area contributed by atoms with Gasteiger partial charge in [0.25, 0.3) is 0 Å². The van der Waals surface area contributed by atoms with E-state index in [2.05, 4.69) is 38.5 Å². The van der Waals surface area contributed by atoms with Crippen molar-refractivity contribution in [3.63, 3.8) is 0 Å². The van der Waals surface area contributed by atoms with Crippen LogP contribution in [0.1, 0.15) is 25.7 Å². The van der Waals surface area contributed by atoms with Gasteiger partial charge in [-0.05, 0) is 43.9 Å². The summed E-state index contributed by atoms with van der Waals surface area (Å²) >= 11 is 3.48. The number of nitrogens with two attached hydrogens (primary N) is 1. The fourth-order valence-corrected chi connectivity index (χ4v) is 3.59. The number of rotatable bonds is 4. The first-order valence-electron chi connectivity index (χ1n) is 6.80. The number of hydrogen-bond acceptors (Lipinski definition) is 3. The minimum Gasteiger partial charge on any atom is -0.409 e. The summed E-state index contributed by atoms with van der Waals surface area (Å²) < 4.78 is 1.08. The summed E-state index contributed by atoms with van der Waals surface area (Å²) in [5.41, 5.74) is 9.84. The topological polar surface area (TPSA) is 70.6 Å². The molecule has 3 aliphatic rings. The molecule has 1 aromatic carbocycles. The molecule has 0 unspecified atom stereocenters. The van der Waals surface area contributed by atoms with E-state index in [0.717, 1.165) is 42.4 Å². The molecule has 106 valence electrons. The number of benzene rings is 1. The number of hydrogen-bond donors (Lipinski definition) is 3. The monoisotopic (exact) mass is 335 g/mol. The Balaban J connectivity index is 1.64. The van der Waals surface area contributed by atoms with Crippen molar-refractivity contribution in [2.45, 2.75) is 25.7 Å². The van der Waals surface area contributed by atoms with Crippen molar-refractivity contribution >= 4 is 27.5 Å². The maximum atomic E-state index is 8.85. The second-order valence-corrected chi connectivity index (χ2v) is 6.61. The maximum Gasteiger partial charge on any atom is 0.146 e. The summed E-state index contributed by atoms with van der Waals surface area (Å²) in [6, 6.07) is 8.19. The van der Waals surface area contributed by atoms with E-state index in [1.165, 1.54) is 11.1 Å². The summed E-state index contributed by atoms with van der Waals surface area (Å²) in [6.45, 7) is 0.887. The van der Waals surface area contributed by atoms with Crippen molar-refractivity contribution < 1.29 is 5.21 Å². The second-order valence-electron chi connectivity index (χ2n) is 5.69. The first kappa shape index (κ1) is 13.5. The van der Waals surface area contributed by atoms with Gasteiger partial charge in [0.05, 0.1) is 0 Å². The Morgan fingerprint density at radius 1 is 1.45 bits per heavy atom. The molecule has 1 saturated carbocycles. The van der Waals surface area contributed by atoms with E-state index in [-0.39, 0.29) is 5.41 Å². The number of oxime groups is 1. The molecular weight excluding hydrogens is 318 g/mol. The van der Waals surface area contributed by atoms with Gasteiger partial charge >= 0.3 is 0 Å². The zero-order valence-electron chi connectivity index (χ0n) is 11.2. The van der Waals surface area contributed by atoms with E-state index in [0.29, 0.717) is 5.84 Å². The minimum absolute atomic E-state index is 0.0522. The van der Waals surface area contributed by atoms with Crippen LogP contribution in [0.3, 0.4) is 0 Å². The van der Waals surface area contributed by atoms with Crippen LogP contribution >= 0.6 is 15.9 Å². The van der Waals surface area contributed by atoms with Crippen LogP contribution in [-0.2, 0) is 0 Å². The standard InChI is InChI=1S/C15H18BrN3O/c16-12-2-1-3-13(6-12)18-9-10-4-5-15(14(17)19-20)7-11(10)8-15/h1-3,6,18,20H,4-5,7-9H2,(H2,17,19). The Bertz CT molecular complexity index is 587. The van der Waals surface area contributed by atoms with Gasteiger partial charge in [-0.3, -0.25) is 0 Å². The van der Waals surface area contributed by atoms with Gasteiger partial charge in [-0.15, -0.1) is 0 Å². The van der Waals surface area contributed by atoms with Crippen LogP contribution in [0.2, 0.25) is 0 Å². The zero-order valence-corrected chi connectivity index (χ0v) is 12.8. The molecule has 0 spiro atoms. The third-order valence-electron chi connectivity index (χ3n) is 4.49. The molecule has 0 radical (unpaired) electrons. The molecule has 1 fully saturated rings. The number of anilines is 1. The van der Waals surface area contributed by atoms with Gasteiger partial charge in [0.1, 0.15) is 5.84 Å². The third kappa shape index (κ3) is 2.30. The molecule has 0 aliphatic heterocycles. The largest absolute Gasteiger partial charge is 0.409 e. The molecule has 0 saturated heterocycles. The van der Waals surface area contributed by atoms with E-state index < -0.39 is 0 Å². The zero-order chi connectivity index (χ0) is 14.2. The molecule has 4 nitrogen and oxygen atoms in total. The Morgan fingerprint density at radius 3 is 2.85 bits per heavy atom. The summed E-state index contributed by atoms with van der Waals surface area (Å²) in [6.07, 6.45) is 3.94. The van der Waals surface area contributed by atoms with E-state index in [9.17, 15) is 0 Å². The molecule has 1 aromatic rings. The molecule has 0 heterocycles. The second kappa shape index (κ2) is 5.13. The quantitative estimate of drug-likeness (QED) is 0.259. The van der Waals surface area contributed by atoms with Crippen molar-refractivity contribution in [2.75, 3.05) is 11.9 Å². The number of halogens is 1. The van der Waals surface area contributed by atoms with Crippen molar-refractivity contribution in [1.82, 2.24) is 0 Å². The number of fused-ring (bicyclic) bond motifs is 2. The van der Waals surface area contributed by atoms with Crippen molar-refractivity contribution in [3.8, 4) is 0 Å². The van der Waals surface area contributed by atoms with Gasteiger partial charge in [-0.1, -0.05) is 38.3 Å². The average molecular weight is 336 g/mol. The molecule has 0 atom stereocenters. The Kier molecular flexibility index (Phi) is 3.46. The number of amidine groups is 1. The van der Waals surface area contributed by atoms with E-state index >= 15 is 0 Å². The normalized spacial score (nSPS) is 20.6. The fraction of sp³-hybridized carbons (Fsp3) is 0.400. The van der Waals surface area contributed by atoms with Gasteiger partial charge < -0.3 is 16.3 Å². The first-order valence-corrected chi connectivity index (χ1v) is 7.59. The SMILES string of the molecule is N/C(=N\O)C12CCC(CNc3cccc(Br)c3)=C(C1)C2. The highest BCUT2D eigenvalue weighted by Gasteiger charge is 2.48. The lowest BCUT2D eigenvalue weighted by molar-refractivity contribution is 0.241. The third-order valence-corrected chi connectivity index (χ3v) is 4.98. The minimum atomic E-state index is -0.0522. The van der Waals surface area contributed by atoms with Crippen LogP contribution in [0.25, 0.3) is 0 Å². The molecule has 4 N–H and O–H groups in total. The Morgan fingerprint density at radius 2 is 2.25 bits per heavy atom.